The molecule has 1 aliphatic carbocycles. The molecule has 1 fully saturated rings. The molecule has 1 amide bonds. The molecule has 1 atom stereocenters. The molecule has 0 radical (unpaired) electrons. The third-order valence-electron chi connectivity index (χ3n) is 6.93. The maximum Gasteiger partial charge on any atom is 0.305 e. The zero-order chi connectivity index (χ0) is 21.9. The summed E-state index contributed by atoms with van der Waals surface area (Å²) >= 11 is 6.69. The van der Waals surface area contributed by atoms with E-state index in [-0.39, 0.29) is 24.8 Å². The number of carboxylic acid groups (broad SMARTS) is 1. The van der Waals surface area contributed by atoms with E-state index in [1.807, 2.05) is 12.3 Å². The van der Waals surface area contributed by atoms with Crippen LogP contribution in [0.25, 0.3) is 0 Å². The first-order valence-electron chi connectivity index (χ1n) is 11.2. The van der Waals surface area contributed by atoms with Crippen molar-refractivity contribution in [1.82, 2.24) is 4.90 Å². The number of carbonyl (C=O) groups excluding carboxylic acids is 1. The summed E-state index contributed by atoms with van der Waals surface area (Å²) in [6, 6.07) is 6.31. The summed E-state index contributed by atoms with van der Waals surface area (Å²) in [5.74, 6) is 0.137. The number of hydrogen-bond acceptors (Lipinski definition) is 2. The van der Waals surface area contributed by atoms with Gasteiger partial charge >= 0.3 is 5.97 Å². The minimum Gasteiger partial charge on any atom is -0.481 e. The molecule has 30 heavy (non-hydrogen) atoms. The summed E-state index contributed by atoms with van der Waals surface area (Å²) in [7, 11) is 0. The molecule has 4 nitrogen and oxygen atoms in total. The van der Waals surface area contributed by atoms with E-state index in [0.717, 1.165) is 28.5 Å². The highest BCUT2D eigenvalue weighted by Gasteiger charge is 2.40. The molecule has 0 saturated heterocycles. The number of nitrogens with zero attached hydrogens (tertiary/aromatic N) is 1. The fraction of sp³-hybridized carbons (Fsp3) is 0.600. The Hall–Kier alpha value is -1.81. The Bertz CT molecular complexity index is 826. The fourth-order valence-electron chi connectivity index (χ4n) is 5.10. The van der Waals surface area contributed by atoms with Gasteiger partial charge in [-0.15, -0.1) is 0 Å². The van der Waals surface area contributed by atoms with Gasteiger partial charge in [-0.1, -0.05) is 70.2 Å². The summed E-state index contributed by atoms with van der Waals surface area (Å²) in [6.45, 7) is 6.55. The van der Waals surface area contributed by atoms with E-state index >= 15 is 0 Å². The van der Waals surface area contributed by atoms with E-state index in [4.69, 9.17) is 16.7 Å². The molecule has 164 valence electrons. The minimum atomic E-state index is -0.893. The van der Waals surface area contributed by atoms with Gasteiger partial charge in [-0.2, -0.15) is 0 Å². The molecule has 0 spiro atoms. The van der Waals surface area contributed by atoms with Crippen molar-refractivity contribution in [3.63, 3.8) is 0 Å². The second-order valence-electron chi connectivity index (χ2n) is 9.47. The van der Waals surface area contributed by atoms with Crippen LogP contribution in [0.15, 0.2) is 30.0 Å². The lowest BCUT2D eigenvalue weighted by Gasteiger charge is -2.41. The first kappa shape index (κ1) is 22.9. The van der Waals surface area contributed by atoms with Gasteiger partial charge in [-0.25, -0.2) is 0 Å². The summed E-state index contributed by atoms with van der Waals surface area (Å²) in [6.07, 6.45) is 9.77. The van der Waals surface area contributed by atoms with Gasteiger partial charge in [-0.3, -0.25) is 9.59 Å². The molecule has 0 aromatic heterocycles. The van der Waals surface area contributed by atoms with Crippen LogP contribution in [0, 0.1) is 11.8 Å². The second-order valence-corrected chi connectivity index (χ2v) is 9.88. The number of carbonyl (C=O) groups is 2. The van der Waals surface area contributed by atoms with Gasteiger partial charge in [0.25, 0.3) is 0 Å². The lowest BCUT2D eigenvalue weighted by Crippen LogP contribution is -2.42. The van der Waals surface area contributed by atoms with Crippen molar-refractivity contribution < 1.29 is 14.7 Å². The van der Waals surface area contributed by atoms with E-state index in [0.29, 0.717) is 6.42 Å². The Balaban J connectivity index is 1.83. The number of halogens is 1. The Morgan fingerprint density at radius 3 is 2.60 bits per heavy atom. The number of amides is 1. The first-order chi connectivity index (χ1) is 14.2. The van der Waals surface area contributed by atoms with E-state index < -0.39 is 11.4 Å². The maximum absolute atomic E-state index is 12.8. The van der Waals surface area contributed by atoms with Crippen LogP contribution in [0.2, 0.25) is 5.02 Å². The second kappa shape index (κ2) is 9.55. The van der Waals surface area contributed by atoms with Crippen molar-refractivity contribution >= 4 is 23.5 Å². The SMILES string of the molecule is CC(C)C1=CN(CCC(=O)O)C(=O)C[C@@]1(C)c1ccc(CCC2CCCC2)c(Cl)c1. The summed E-state index contributed by atoms with van der Waals surface area (Å²) in [5.41, 5.74) is 2.96. The number of aliphatic carboxylic acids is 1. The number of hydrogen-bond donors (Lipinski definition) is 1. The van der Waals surface area contributed by atoms with Crippen LogP contribution in [0.5, 0.6) is 0 Å². The van der Waals surface area contributed by atoms with Gasteiger partial charge in [0, 0.05) is 29.6 Å². The Kier molecular flexibility index (Phi) is 7.28. The van der Waals surface area contributed by atoms with Crippen LogP contribution in [0.3, 0.4) is 0 Å². The van der Waals surface area contributed by atoms with Gasteiger partial charge in [0.15, 0.2) is 0 Å². The van der Waals surface area contributed by atoms with Crippen LogP contribution in [0.4, 0.5) is 0 Å². The monoisotopic (exact) mass is 431 g/mol. The Labute approximate surface area is 185 Å². The van der Waals surface area contributed by atoms with E-state index in [1.165, 1.54) is 37.7 Å². The molecule has 0 unspecified atom stereocenters. The highest BCUT2D eigenvalue weighted by molar-refractivity contribution is 6.31. The van der Waals surface area contributed by atoms with Gasteiger partial charge in [-0.05, 0) is 47.4 Å². The van der Waals surface area contributed by atoms with Crippen LogP contribution in [-0.2, 0) is 21.4 Å². The number of aryl methyl sites for hydroxylation is 1. The molecule has 1 aromatic rings. The predicted molar refractivity (Wildman–Crippen MR) is 121 cm³/mol. The summed E-state index contributed by atoms with van der Waals surface area (Å²) < 4.78 is 0. The van der Waals surface area contributed by atoms with Crippen LogP contribution >= 0.6 is 11.6 Å². The first-order valence-corrected chi connectivity index (χ1v) is 11.6. The summed E-state index contributed by atoms with van der Waals surface area (Å²) in [4.78, 5) is 25.3. The summed E-state index contributed by atoms with van der Waals surface area (Å²) in [5, 5.41) is 9.77. The van der Waals surface area contributed by atoms with Crippen molar-refractivity contribution in [3.05, 3.63) is 46.1 Å². The predicted octanol–water partition coefficient (Wildman–Crippen LogP) is 5.97. The van der Waals surface area contributed by atoms with Gasteiger partial charge in [0.05, 0.1) is 6.42 Å². The molecule has 5 heteroatoms. The average Bonchev–Trinajstić information content (AvgIpc) is 3.19. The molecule has 2 aliphatic rings. The van der Waals surface area contributed by atoms with Crippen LogP contribution in [-0.4, -0.2) is 28.4 Å². The molecule has 1 N–H and O–H groups in total. The molecule has 1 aromatic carbocycles. The zero-order valence-corrected chi connectivity index (χ0v) is 19.2. The number of benzene rings is 1. The molecule has 1 heterocycles. The normalized spacial score (nSPS) is 22.6. The molecule has 1 saturated carbocycles. The third-order valence-corrected chi connectivity index (χ3v) is 7.28. The van der Waals surface area contributed by atoms with Crippen LogP contribution < -0.4 is 0 Å². The minimum absolute atomic E-state index is 0.0374. The molecule has 3 rings (SSSR count). The van der Waals surface area contributed by atoms with E-state index in [1.54, 1.807) is 4.90 Å². The van der Waals surface area contributed by atoms with Crippen molar-refractivity contribution in [2.75, 3.05) is 6.54 Å². The van der Waals surface area contributed by atoms with Crippen molar-refractivity contribution in [2.24, 2.45) is 11.8 Å². The lowest BCUT2D eigenvalue weighted by molar-refractivity contribution is -0.138. The lowest BCUT2D eigenvalue weighted by atomic mass is 9.68. The highest BCUT2D eigenvalue weighted by atomic mass is 35.5. The average molecular weight is 432 g/mol. The van der Waals surface area contributed by atoms with Gasteiger partial charge in [0.2, 0.25) is 5.91 Å². The molecule has 0 bridgehead atoms. The standard InChI is InChI=1S/C25H34ClNO3/c1-17(2)21-16-27(13-12-24(29)30)23(28)15-25(21,3)20-11-10-19(22(26)14-20)9-8-18-6-4-5-7-18/h10-11,14,16-18H,4-9,12-13,15H2,1-3H3,(H,29,30)/t25-/m0/s1. The Morgan fingerprint density at radius 1 is 1.30 bits per heavy atom. The number of carboxylic acids is 1. The van der Waals surface area contributed by atoms with Crippen molar-refractivity contribution in [2.45, 2.75) is 77.6 Å². The van der Waals surface area contributed by atoms with E-state index in [9.17, 15) is 9.59 Å². The third kappa shape index (κ3) is 5.08. The molecular formula is C25H34ClNO3. The molecule has 1 aliphatic heterocycles. The Morgan fingerprint density at radius 2 is 2.00 bits per heavy atom. The van der Waals surface area contributed by atoms with E-state index in [2.05, 4.69) is 32.9 Å². The largest absolute Gasteiger partial charge is 0.481 e. The zero-order valence-electron chi connectivity index (χ0n) is 18.4. The maximum atomic E-state index is 12.8. The van der Waals surface area contributed by atoms with Gasteiger partial charge in [0.1, 0.15) is 0 Å². The number of allylic oxidation sites excluding steroid dienone is 1. The fourth-order valence-corrected chi connectivity index (χ4v) is 5.38. The molecular weight excluding hydrogens is 398 g/mol. The smallest absolute Gasteiger partial charge is 0.305 e. The van der Waals surface area contributed by atoms with Crippen LogP contribution in [0.1, 0.15) is 76.8 Å². The quantitative estimate of drug-likeness (QED) is 0.551. The highest BCUT2D eigenvalue weighted by Crippen LogP contribution is 2.43. The number of rotatable bonds is 8. The van der Waals surface area contributed by atoms with Gasteiger partial charge < -0.3 is 10.0 Å². The topological polar surface area (TPSA) is 57.6 Å². The van der Waals surface area contributed by atoms with Crippen molar-refractivity contribution in [1.29, 1.82) is 0 Å². The van der Waals surface area contributed by atoms with Crippen molar-refractivity contribution in [3.8, 4) is 0 Å².